The molecule has 0 aromatic rings. The van der Waals surface area contributed by atoms with Crippen LogP contribution < -0.4 is 0 Å². The first-order chi connectivity index (χ1) is 8.64. The number of hydrogen-bond donors (Lipinski definition) is 0. The predicted molar refractivity (Wildman–Crippen MR) is 76.5 cm³/mol. The summed E-state index contributed by atoms with van der Waals surface area (Å²) in [7, 11) is 0. The summed E-state index contributed by atoms with van der Waals surface area (Å²) in [6, 6.07) is 0. The van der Waals surface area contributed by atoms with Gasteiger partial charge in [0.2, 0.25) is 0 Å². The van der Waals surface area contributed by atoms with Crippen molar-refractivity contribution in [2.24, 2.45) is 0 Å². The molecule has 0 aromatic heterocycles. The molecule has 1 unspecified atom stereocenters. The zero-order valence-corrected chi connectivity index (χ0v) is 12.8. The van der Waals surface area contributed by atoms with E-state index in [2.05, 4.69) is 20.8 Å². The third-order valence-electron chi connectivity index (χ3n) is 3.64. The fourth-order valence-corrected chi connectivity index (χ4v) is 2.41. The van der Waals surface area contributed by atoms with E-state index in [9.17, 15) is 4.79 Å². The Morgan fingerprint density at radius 1 is 0.944 bits per heavy atom. The summed E-state index contributed by atoms with van der Waals surface area (Å²) in [5, 5.41) is 0. The number of rotatable bonds is 11. The fraction of sp³-hybridized carbons (Fsp3) is 0.933. The maximum Gasteiger partial charge on any atom is 0.305 e. The van der Waals surface area contributed by atoms with Crippen molar-refractivity contribution in [1.29, 1.82) is 0 Å². The Hall–Kier alpha value is -0.570. The standard InChI is InChI=1S/C15H32NO2/c1-5-9-12-16(8-4,11-7-3)13-14-18-15(17)10-6-2/h5-14H2,1-4H3/q+1. The maximum absolute atomic E-state index is 11.4. The van der Waals surface area contributed by atoms with E-state index in [1.807, 2.05) is 6.92 Å². The molecule has 0 aliphatic heterocycles. The number of nitrogens with zero attached hydrogens (tertiary/aromatic N) is 1. The van der Waals surface area contributed by atoms with Crippen LogP contribution in [0.3, 0.4) is 0 Å². The Labute approximate surface area is 113 Å². The molecule has 0 heterocycles. The highest BCUT2D eigenvalue weighted by atomic mass is 16.5. The lowest BCUT2D eigenvalue weighted by molar-refractivity contribution is -0.927. The molecular weight excluding hydrogens is 226 g/mol. The predicted octanol–water partition coefficient (Wildman–Crippen LogP) is 3.38. The number of carbonyl (C=O) groups excluding carboxylic acids is 1. The molecule has 0 rings (SSSR count). The first-order valence-electron chi connectivity index (χ1n) is 7.64. The number of unbranched alkanes of at least 4 members (excludes halogenated alkanes) is 1. The lowest BCUT2D eigenvalue weighted by Gasteiger charge is -2.37. The highest BCUT2D eigenvalue weighted by Gasteiger charge is 2.23. The Balaban J connectivity index is 4.17. The van der Waals surface area contributed by atoms with Crippen molar-refractivity contribution in [2.45, 2.75) is 59.8 Å². The lowest BCUT2D eigenvalue weighted by atomic mass is 10.2. The van der Waals surface area contributed by atoms with Gasteiger partial charge in [-0.1, -0.05) is 27.2 Å². The van der Waals surface area contributed by atoms with Gasteiger partial charge in [0.25, 0.3) is 0 Å². The van der Waals surface area contributed by atoms with Crippen LogP contribution in [0.1, 0.15) is 59.8 Å². The van der Waals surface area contributed by atoms with Gasteiger partial charge in [-0.25, -0.2) is 0 Å². The van der Waals surface area contributed by atoms with Crippen LogP contribution in [0.2, 0.25) is 0 Å². The van der Waals surface area contributed by atoms with E-state index in [0.717, 1.165) is 24.0 Å². The van der Waals surface area contributed by atoms with Gasteiger partial charge in [0.15, 0.2) is 0 Å². The molecule has 0 aromatic carbocycles. The third-order valence-corrected chi connectivity index (χ3v) is 3.64. The van der Waals surface area contributed by atoms with Gasteiger partial charge in [0.1, 0.15) is 13.2 Å². The molecule has 0 bridgehead atoms. The molecule has 3 nitrogen and oxygen atoms in total. The topological polar surface area (TPSA) is 26.3 Å². The van der Waals surface area contributed by atoms with Crippen LogP contribution in [-0.2, 0) is 9.53 Å². The molecule has 0 N–H and O–H groups in total. The summed E-state index contributed by atoms with van der Waals surface area (Å²) >= 11 is 0. The van der Waals surface area contributed by atoms with Crippen molar-refractivity contribution in [3.8, 4) is 0 Å². The zero-order chi connectivity index (χ0) is 13.9. The summed E-state index contributed by atoms with van der Waals surface area (Å²) in [6.45, 7) is 13.8. The summed E-state index contributed by atoms with van der Waals surface area (Å²) in [4.78, 5) is 11.4. The van der Waals surface area contributed by atoms with Gasteiger partial charge < -0.3 is 9.22 Å². The first kappa shape index (κ1) is 17.4. The van der Waals surface area contributed by atoms with Crippen molar-refractivity contribution >= 4 is 5.97 Å². The second kappa shape index (κ2) is 10.4. The summed E-state index contributed by atoms with van der Waals surface area (Å²) in [5.74, 6) is -0.0429. The smallest absolute Gasteiger partial charge is 0.305 e. The maximum atomic E-state index is 11.4. The Kier molecular flexibility index (Phi) is 10.0. The Bertz CT molecular complexity index is 219. The van der Waals surface area contributed by atoms with Crippen LogP contribution >= 0.6 is 0 Å². The number of ether oxygens (including phenoxy) is 1. The average molecular weight is 258 g/mol. The van der Waals surface area contributed by atoms with E-state index < -0.39 is 0 Å². The summed E-state index contributed by atoms with van der Waals surface area (Å²) in [6.07, 6.45) is 5.11. The van der Waals surface area contributed by atoms with Gasteiger partial charge in [0.05, 0.1) is 19.6 Å². The van der Waals surface area contributed by atoms with E-state index in [1.54, 1.807) is 0 Å². The third kappa shape index (κ3) is 7.00. The second-order valence-corrected chi connectivity index (χ2v) is 5.15. The molecule has 18 heavy (non-hydrogen) atoms. The molecule has 108 valence electrons. The molecule has 0 aliphatic rings. The highest BCUT2D eigenvalue weighted by Crippen LogP contribution is 2.11. The fourth-order valence-electron chi connectivity index (χ4n) is 2.41. The van der Waals surface area contributed by atoms with E-state index in [1.165, 1.54) is 32.4 Å². The monoisotopic (exact) mass is 258 g/mol. The minimum atomic E-state index is -0.0429. The quantitative estimate of drug-likeness (QED) is 0.419. The van der Waals surface area contributed by atoms with Crippen molar-refractivity contribution in [1.82, 2.24) is 0 Å². The summed E-state index contributed by atoms with van der Waals surface area (Å²) < 4.78 is 6.41. The molecule has 0 aliphatic carbocycles. The molecule has 0 amide bonds. The zero-order valence-electron chi connectivity index (χ0n) is 12.8. The van der Waals surface area contributed by atoms with Gasteiger partial charge >= 0.3 is 5.97 Å². The number of hydrogen-bond acceptors (Lipinski definition) is 2. The normalized spacial score (nSPS) is 14.2. The number of carbonyl (C=O) groups is 1. The number of quaternary nitrogens is 1. The van der Waals surface area contributed by atoms with Gasteiger partial charge in [-0.05, 0) is 26.2 Å². The molecule has 0 saturated heterocycles. The number of likely N-dealkylation sites (N-methyl/N-ethyl adjacent to an activating group) is 1. The Morgan fingerprint density at radius 3 is 2.17 bits per heavy atom. The van der Waals surface area contributed by atoms with E-state index in [-0.39, 0.29) is 5.97 Å². The molecule has 3 heteroatoms. The van der Waals surface area contributed by atoms with Crippen LogP contribution in [0, 0.1) is 0 Å². The van der Waals surface area contributed by atoms with E-state index in [4.69, 9.17) is 4.74 Å². The minimum Gasteiger partial charge on any atom is -0.460 e. The Morgan fingerprint density at radius 2 is 1.67 bits per heavy atom. The molecule has 1 atom stereocenters. The average Bonchev–Trinajstić information content (AvgIpc) is 2.36. The lowest BCUT2D eigenvalue weighted by Crippen LogP contribution is -2.51. The van der Waals surface area contributed by atoms with Crippen LogP contribution in [0.5, 0.6) is 0 Å². The molecule has 0 radical (unpaired) electrons. The van der Waals surface area contributed by atoms with Gasteiger partial charge in [-0.15, -0.1) is 0 Å². The van der Waals surface area contributed by atoms with Crippen molar-refractivity contribution in [2.75, 3.05) is 32.8 Å². The molecule has 0 spiro atoms. The van der Waals surface area contributed by atoms with Crippen molar-refractivity contribution in [3.63, 3.8) is 0 Å². The number of esters is 1. The van der Waals surface area contributed by atoms with Gasteiger partial charge in [0, 0.05) is 6.42 Å². The SMILES string of the molecule is CCCC[N+](CC)(CCC)CCOC(=O)CCC. The van der Waals surface area contributed by atoms with E-state index in [0.29, 0.717) is 13.0 Å². The van der Waals surface area contributed by atoms with Crippen LogP contribution in [0.25, 0.3) is 0 Å². The van der Waals surface area contributed by atoms with Crippen LogP contribution in [0.15, 0.2) is 0 Å². The van der Waals surface area contributed by atoms with E-state index >= 15 is 0 Å². The van der Waals surface area contributed by atoms with Gasteiger partial charge in [-0.2, -0.15) is 0 Å². The second-order valence-electron chi connectivity index (χ2n) is 5.15. The summed E-state index contributed by atoms with van der Waals surface area (Å²) in [5.41, 5.74) is 0. The van der Waals surface area contributed by atoms with Crippen molar-refractivity contribution in [3.05, 3.63) is 0 Å². The molecule has 0 saturated carbocycles. The first-order valence-corrected chi connectivity index (χ1v) is 7.64. The molecule has 0 fully saturated rings. The van der Waals surface area contributed by atoms with Crippen molar-refractivity contribution < 1.29 is 14.0 Å². The molecular formula is C15H32NO2+. The minimum absolute atomic E-state index is 0.0429. The van der Waals surface area contributed by atoms with Gasteiger partial charge in [-0.3, -0.25) is 4.79 Å². The van der Waals surface area contributed by atoms with Crippen LogP contribution in [0.4, 0.5) is 0 Å². The highest BCUT2D eigenvalue weighted by molar-refractivity contribution is 5.69. The van der Waals surface area contributed by atoms with Crippen LogP contribution in [-0.4, -0.2) is 43.2 Å². The largest absolute Gasteiger partial charge is 0.460 e.